The molecule has 3 nitrogen and oxygen atoms in total. The Morgan fingerprint density at radius 3 is 2.71 bits per heavy atom. The van der Waals surface area contributed by atoms with E-state index in [2.05, 4.69) is 12.2 Å². The first-order chi connectivity index (χ1) is 6.58. The van der Waals surface area contributed by atoms with E-state index in [1.165, 1.54) is 6.07 Å². The van der Waals surface area contributed by atoms with Crippen LogP contribution in [0, 0.1) is 0 Å². The lowest BCUT2D eigenvalue weighted by Crippen LogP contribution is -2.35. The number of benzene rings is 1. The number of phenolic OH excluding ortho intramolecular Hbond substituents is 2. The standard InChI is InChI=1S/C11H15NO2/c1-6-3-8-4-9(13)5-10(14)11(8)7(2)12-6/h4-7,12-14H,3H2,1-2H3/t6-,7+/m1/s1. The van der Waals surface area contributed by atoms with Gasteiger partial charge in [0.1, 0.15) is 11.5 Å². The first-order valence-electron chi connectivity index (χ1n) is 4.88. The van der Waals surface area contributed by atoms with Crippen LogP contribution in [0.1, 0.15) is 31.0 Å². The van der Waals surface area contributed by atoms with Gasteiger partial charge in [0.15, 0.2) is 0 Å². The Morgan fingerprint density at radius 1 is 1.29 bits per heavy atom. The van der Waals surface area contributed by atoms with Crippen molar-refractivity contribution in [1.29, 1.82) is 0 Å². The molecule has 2 atom stereocenters. The Morgan fingerprint density at radius 2 is 2.00 bits per heavy atom. The maximum absolute atomic E-state index is 9.69. The van der Waals surface area contributed by atoms with Crippen LogP contribution >= 0.6 is 0 Å². The van der Waals surface area contributed by atoms with Gasteiger partial charge in [0, 0.05) is 23.7 Å². The zero-order valence-corrected chi connectivity index (χ0v) is 8.41. The summed E-state index contributed by atoms with van der Waals surface area (Å²) < 4.78 is 0. The van der Waals surface area contributed by atoms with E-state index in [9.17, 15) is 10.2 Å². The summed E-state index contributed by atoms with van der Waals surface area (Å²) in [6.45, 7) is 4.12. The average molecular weight is 193 g/mol. The maximum atomic E-state index is 9.69. The summed E-state index contributed by atoms with van der Waals surface area (Å²) in [6.07, 6.45) is 0.849. The van der Waals surface area contributed by atoms with Gasteiger partial charge < -0.3 is 15.5 Å². The number of rotatable bonds is 0. The van der Waals surface area contributed by atoms with Crippen LogP contribution in [0.3, 0.4) is 0 Å². The number of fused-ring (bicyclic) bond motifs is 1. The van der Waals surface area contributed by atoms with Crippen LogP contribution in [-0.2, 0) is 6.42 Å². The lowest BCUT2D eigenvalue weighted by Gasteiger charge is -2.29. The van der Waals surface area contributed by atoms with Crippen molar-refractivity contribution in [1.82, 2.24) is 5.32 Å². The normalized spacial score (nSPS) is 25.9. The van der Waals surface area contributed by atoms with Gasteiger partial charge in [0.05, 0.1) is 0 Å². The summed E-state index contributed by atoms with van der Waals surface area (Å²) in [5.41, 5.74) is 1.96. The molecule has 1 aromatic rings. The van der Waals surface area contributed by atoms with Crippen LogP contribution in [0.2, 0.25) is 0 Å². The first-order valence-corrected chi connectivity index (χ1v) is 4.88. The summed E-state index contributed by atoms with van der Waals surface area (Å²) >= 11 is 0. The molecule has 1 heterocycles. The monoisotopic (exact) mass is 193 g/mol. The van der Waals surface area contributed by atoms with Crippen molar-refractivity contribution in [3.8, 4) is 11.5 Å². The van der Waals surface area contributed by atoms with Crippen molar-refractivity contribution in [2.75, 3.05) is 0 Å². The molecule has 0 saturated heterocycles. The van der Waals surface area contributed by atoms with Crippen molar-refractivity contribution in [3.05, 3.63) is 23.3 Å². The van der Waals surface area contributed by atoms with Crippen LogP contribution in [-0.4, -0.2) is 16.3 Å². The van der Waals surface area contributed by atoms with Gasteiger partial charge in [-0.25, -0.2) is 0 Å². The lowest BCUT2D eigenvalue weighted by molar-refractivity contribution is 0.401. The Labute approximate surface area is 83.4 Å². The quantitative estimate of drug-likeness (QED) is 0.587. The number of aromatic hydroxyl groups is 2. The van der Waals surface area contributed by atoms with Gasteiger partial charge in [-0.3, -0.25) is 0 Å². The molecule has 0 bridgehead atoms. The zero-order chi connectivity index (χ0) is 10.3. The SMILES string of the molecule is C[C@@H]1Cc2cc(O)cc(O)c2[C@H](C)N1. The number of phenols is 2. The molecule has 0 radical (unpaired) electrons. The van der Waals surface area contributed by atoms with Gasteiger partial charge in [-0.1, -0.05) is 0 Å². The average Bonchev–Trinajstić information content (AvgIpc) is 1.99. The van der Waals surface area contributed by atoms with E-state index < -0.39 is 0 Å². The Balaban J connectivity index is 2.53. The third-order valence-electron chi connectivity index (χ3n) is 2.72. The fraction of sp³-hybridized carbons (Fsp3) is 0.455. The van der Waals surface area contributed by atoms with Crippen LogP contribution in [0.25, 0.3) is 0 Å². The maximum Gasteiger partial charge on any atom is 0.124 e. The molecule has 1 aliphatic rings. The van der Waals surface area contributed by atoms with Gasteiger partial charge >= 0.3 is 0 Å². The van der Waals surface area contributed by atoms with Crippen molar-refractivity contribution in [2.45, 2.75) is 32.4 Å². The van der Waals surface area contributed by atoms with E-state index in [4.69, 9.17) is 0 Å². The van der Waals surface area contributed by atoms with E-state index in [0.29, 0.717) is 6.04 Å². The predicted octanol–water partition coefficient (Wildman–Crippen LogP) is 1.69. The van der Waals surface area contributed by atoms with Crippen LogP contribution < -0.4 is 5.32 Å². The summed E-state index contributed by atoms with van der Waals surface area (Å²) in [5.74, 6) is 0.328. The minimum absolute atomic E-state index is 0.141. The van der Waals surface area contributed by atoms with Gasteiger partial charge in [0.25, 0.3) is 0 Å². The first kappa shape index (κ1) is 9.34. The van der Waals surface area contributed by atoms with Crippen molar-refractivity contribution < 1.29 is 10.2 Å². The second kappa shape index (κ2) is 3.17. The minimum atomic E-state index is 0.141. The third-order valence-corrected chi connectivity index (χ3v) is 2.72. The molecule has 3 N–H and O–H groups in total. The third kappa shape index (κ3) is 1.44. The minimum Gasteiger partial charge on any atom is -0.508 e. The Bertz CT molecular complexity index is 363. The molecule has 76 valence electrons. The summed E-state index contributed by atoms with van der Waals surface area (Å²) in [4.78, 5) is 0. The summed E-state index contributed by atoms with van der Waals surface area (Å²) in [5, 5.41) is 22.4. The molecule has 14 heavy (non-hydrogen) atoms. The fourth-order valence-electron chi connectivity index (χ4n) is 2.25. The molecular weight excluding hydrogens is 178 g/mol. The Kier molecular flexibility index (Phi) is 2.11. The highest BCUT2D eigenvalue weighted by Crippen LogP contribution is 2.35. The molecule has 0 unspecified atom stereocenters. The van der Waals surface area contributed by atoms with Crippen molar-refractivity contribution in [2.24, 2.45) is 0 Å². The topological polar surface area (TPSA) is 52.5 Å². The van der Waals surface area contributed by atoms with Crippen molar-refractivity contribution >= 4 is 0 Å². The van der Waals surface area contributed by atoms with E-state index in [1.807, 2.05) is 6.92 Å². The number of hydrogen-bond donors (Lipinski definition) is 3. The largest absolute Gasteiger partial charge is 0.508 e. The molecule has 0 fully saturated rings. The van der Waals surface area contributed by atoms with Gasteiger partial charge in [0.2, 0.25) is 0 Å². The highest BCUT2D eigenvalue weighted by atomic mass is 16.3. The smallest absolute Gasteiger partial charge is 0.124 e. The van der Waals surface area contributed by atoms with Crippen LogP contribution in [0.15, 0.2) is 12.1 Å². The highest BCUT2D eigenvalue weighted by molar-refractivity contribution is 5.48. The van der Waals surface area contributed by atoms with E-state index in [1.54, 1.807) is 6.07 Å². The van der Waals surface area contributed by atoms with E-state index in [-0.39, 0.29) is 17.5 Å². The summed E-state index contributed by atoms with van der Waals surface area (Å²) in [6, 6.07) is 3.67. The second-order valence-electron chi connectivity index (χ2n) is 4.03. The fourth-order valence-corrected chi connectivity index (χ4v) is 2.25. The van der Waals surface area contributed by atoms with E-state index >= 15 is 0 Å². The molecule has 1 aromatic carbocycles. The lowest BCUT2D eigenvalue weighted by atomic mass is 9.90. The summed E-state index contributed by atoms with van der Waals surface area (Å²) in [7, 11) is 0. The zero-order valence-electron chi connectivity index (χ0n) is 8.41. The molecule has 0 aromatic heterocycles. The van der Waals surface area contributed by atoms with Crippen molar-refractivity contribution in [3.63, 3.8) is 0 Å². The highest BCUT2D eigenvalue weighted by Gasteiger charge is 2.23. The molecule has 2 rings (SSSR count). The van der Waals surface area contributed by atoms with Gasteiger partial charge in [-0.2, -0.15) is 0 Å². The molecule has 0 spiro atoms. The number of nitrogens with one attached hydrogen (secondary N) is 1. The van der Waals surface area contributed by atoms with Gasteiger partial charge in [-0.15, -0.1) is 0 Å². The molecule has 0 amide bonds. The molecule has 1 aliphatic heterocycles. The number of hydrogen-bond acceptors (Lipinski definition) is 3. The van der Waals surface area contributed by atoms with Crippen LogP contribution in [0.5, 0.6) is 11.5 Å². The molecule has 3 heteroatoms. The second-order valence-corrected chi connectivity index (χ2v) is 4.03. The molecular formula is C11H15NO2. The van der Waals surface area contributed by atoms with Gasteiger partial charge in [-0.05, 0) is 31.9 Å². The van der Waals surface area contributed by atoms with E-state index in [0.717, 1.165) is 17.5 Å². The molecule has 0 saturated carbocycles. The Hall–Kier alpha value is -1.22. The molecule has 0 aliphatic carbocycles. The van der Waals surface area contributed by atoms with Crippen LogP contribution in [0.4, 0.5) is 0 Å². The predicted molar refractivity (Wildman–Crippen MR) is 54.5 cm³/mol.